The highest BCUT2D eigenvalue weighted by Crippen LogP contribution is 2.39. The van der Waals surface area contributed by atoms with Crippen molar-refractivity contribution in [2.75, 3.05) is 12.9 Å². The van der Waals surface area contributed by atoms with Gasteiger partial charge in [-0.2, -0.15) is 5.26 Å². The predicted octanol–water partition coefficient (Wildman–Crippen LogP) is 4.30. The number of rotatable bonds is 9. The van der Waals surface area contributed by atoms with Crippen LogP contribution in [0.25, 0.3) is 0 Å². The monoisotopic (exact) mass is 466 g/mol. The Labute approximate surface area is 197 Å². The van der Waals surface area contributed by atoms with Gasteiger partial charge in [0.2, 0.25) is 5.91 Å². The summed E-state index contributed by atoms with van der Waals surface area (Å²) in [6, 6.07) is 17.3. The molecule has 1 aliphatic heterocycles. The van der Waals surface area contributed by atoms with Gasteiger partial charge in [0.05, 0.1) is 35.6 Å². The van der Waals surface area contributed by atoms with Gasteiger partial charge in [0, 0.05) is 12.3 Å². The Hall–Kier alpha value is -3.44. The van der Waals surface area contributed by atoms with Crippen molar-refractivity contribution in [2.24, 2.45) is 0 Å². The lowest BCUT2D eigenvalue weighted by molar-refractivity contribution is -0.144. The van der Waals surface area contributed by atoms with E-state index in [1.807, 2.05) is 36.4 Å². The maximum Gasteiger partial charge on any atom is 0.316 e. The quantitative estimate of drug-likeness (QED) is 0.550. The Kier molecular flexibility index (Phi) is 8.39. The molecule has 3 rings (SSSR count). The zero-order valence-electron chi connectivity index (χ0n) is 18.8. The molecule has 0 saturated carbocycles. The molecule has 33 heavy (non-hydrogen) atoms. The number of thioether (sulfide) groups is 1. The van der Waals surface area contributed by atoms with Crippen molar-refractivity contribution in [1.29, 1.82) is 5.26 Å². The highest BCUT2D eigenvalue weighted by Gasteiger charge is 2.30. The van der Waals surface area contributed by atoms with Gasteiger partial charge < -0.3 is 19.5 Å². The molecule has 1 atom stereocenters. The second kappa shape index (κ2) is 11.4. The van der Waals surface area contributed by atoms with Crippen LogP contribution in [-0.4, -0.2) is 30.8 Å². The van der Waals surface area contributed by atoms with E-state index in [0.717, 1.165) is 22.9 Å². The average Bonchev–Trinajstić information content (AvgIpc) is 2.81. The molecule has 172 valence electrons. The molecular formula is C25H26N2O5S. The number of nitriles is 1. The summed E-state index contributed by atoms with van der Waals surface area (Å²) in [5.41, 5.74) is 2.16. The van der Waals surface area contributed by atoms with Crippen LogP contribution in [0.5, 0.6) is 11.5 Å². The Morgan fingerprint density at radius 1 is 1.21 bits per heavy atom. The normalized spacial score (nSPS) is 15.6. The van der Waals surface area contributed by atoms with Gasteiger partial charge in [-0.3, -0.25) is 9.59 Å². The Morgan fingerprint density at radius 2 is 1.97 bits per heavy atom. The zero-order valence-corrected chi connectivity index (χ0v) is 19.6. The van der Waals surface area contributed by atoms with Gasteiger partial charge in [0.25, 0.3) is 0 Å². The Balaban J connectivity index is 1.85. The highest BCUT2D eigenvalue weighted by molar-refractivity contribution is 8.03. The molecule has 1 amide bonds. The minimum Gasteiger partial charge on any atom is -0.493 e. The van der Waals surface area contributed by atoms with Crippen LogP contribution in [0.3, 0.4) is 0 Å². The maximum atomic E-state index is 12.4. The van der Waals surface area contributed by atoms with Crippen LogP contribution in [0.15, 0.2) is 59.1 Å². The molecule has 0 aromatic heterocycles. The zero-order chi connectivity index (χ0) is 23.8. The summed E-state index contributed by atoms with van der Waals surface area (Å²) in [6.45, 7) is 3.88. The third kappa shape index (κ3) is 6.53. The molecular weight excluding hydrogens is 440 g/mol. The molecule has 0 radical (unpaired) electrons. The molecule has 1 N–H and O–H groups in total. The van der Waals surface area contributed by atoms with Crippen LogP contribution in [0.2, 0.25) is 0 Å². The first kappa shape index (κ1) is 24.2. The molecule has 0 fully saturated rings. The van der Waals surface area contributed by atoms with Crippen molar-refractivity contribution in [1.82, 2.24) is 5.32 Å². The van der Waals surface area contributed by atoms with Gasteiger partial charge in [0.15, 0.2) is 11.5 Å². The molecule has 7 nitrogen and oxygen atoms in total. The summed E-state index contributed by atoms with van der Waals surface area (Å²) in [5.74, 6) is -0.00382. The molecule has 0 unspecified atom stereocenters. The smallest absolute Gasteiger partial charge is 0.316 e. The summed E-state index contributed by atoms with van der Waals surface area (Å²) in [7, 11) is 1.56. The van der Waals surface area contributed by atoms with Crippen LogP contribution in [-0.2, 0) is 20.9 Å². The van der Waals surface area contributed by atoms with E-state index < -0.39 is 11.9 Å². The summed E-state index contributed by atoms with van der Waals surface area (Å²) in [5, 5.41) is 13.0. The summed E-state index contributed by atoms with van der Waals surface area (Å²) < 4.78 is 16.6. The second-order valence-electron chi connectivity index (χ2n) is 7.67. The SMILES string of the molecule is COc1ccc([C@H]2CC(=O)NC(SCC(=O)OC(C)C)=C2C#N)cc1OCc1ccccc1. The van der Waals surface area contributed by atoms with Gasteiger partial charge in [0.1, 0.15) is 6.61 Å². The third-order valence-electron chi connectivity index (χ3n) is 4.88. The molecule has 1 heterocycles. The van der Waals surface area contributed by atoms with Gasteiger partial charge in [-0.1, -0.05) is 48.2 Å². The molecule has 8 heteroatoms. The van der Waals surface area contributed by atoms with E-state index in [9.17, 15) is 14.9 Å². The lowest BCUT2D eigenvalue weighted by Gasteiger charge is -2.25. The van der Waals surface area contributed by atoms with Crippen molar-refractivity contribution >= 4 is 23.6 Å². The van der Waals surface area contributed by atoms with Gasteiger partial charge in [-0.15, -0.1) is 0 Å². The molecule has 2 aromatic rings. The van der Waals surface area contributed by atoms with Crippen molar-refractivity contribution < 1.29 is 23.8 Å². The van der Waals surface area contributed by atoms with Gasteiger partial charge in [-0.05, 0) is 37.1 Å². The summed E-state index contributed by atoms with van der Waals surface area (Å²) in [4.78, 5) is 24.4. The molecule has 0 bridgehead atoms. The summed E-state index contributed by atoms with van der Waals surface area (Å²) in [6.07, 6.45) is -0.113. The topological polar surface area (TPSA) is 97.6 Å². The van der Waals surface area contributed by atoms with Crippen LogP contribution in [0.4, 0.5) is 0 Å². The van der Waals surface area contributed by atoms with Crippen molar-refractivity contribution in [3.8, 4) is 17.6 Å². The lowest BCUT2D eigenvalue weighted by Crippen LogP contribution is -2.31. The number of nitrogens with one attached hydrogen (secondary N) is 1. The highest BCUT2D eigenvalue weighted by atomic mass is 32.2. The number of nitrogens with zero attached hydrogens (tertiary/aromatic N) is 1. The number of carbonyl (C=O) groups is 2. The first-order chi connectivity index (χ1) is 15.9. The largest absolute Gasteiger partial charge is 0.493 e. The van der Waals surface area contributed by atoms with E-state index in [1.165, 1.54) is 0 Å². The number of ether oxygens (including phenoxy) is 3. The first-order valence-corrected chi connectivity index (χ1v) is 11.5. The van der Waals surface area contributed by atoms with Crippen molar-refractivity contribution in [2.45, 2.75) is 38.9 Å². The van der Waals surface area contributed by atoms with Crippen LogP contribution in [0, 0.1) is 11.3 Å². The van der Waals surface area contributed by atoms with Crippen LogP contribution < -0.4 is 14.8 Å². The van der Waals surface area contributed by atoms with E-state index in [0.29, 0.717) is 28.7 Å². The minimum atomic E-state index is -0.461. The van der Waals surface area contributed by atoms with Crippen molar-refractivity contribution in [3.63, 3.8) is 0 Å². The number of esters is 1. The number of hydrogen-bond acceptors (Lipinski definition) is 7. The number of methoxy groups -OCH3 is 1. The fraction of sp³-hybridized carbons (Fsp3) is 0.320. The number of allylic oxidation sites excluding steroid dienone is 1. The first-order valence-electron chi connectivity index (χ1n) is 10.5. The second-order valence-corrected chi connectivity index (χ2v) is 8.66. The number of hydrogen-bond donors (Lipinski definition) is 1. The number of benzene rings is 2. The molecule has 0 aliphatic carbocycles. The van der Waals surface area contributed by atoms with Crippen molar-refractivity contribution in [3.05, 3.63) is 70.3 Å². The molecule has 1 aliphatic rings. The van der Waals surface area contributed by atoms with E-state index in [4.69, 9.17) is 14.2 Å². The minimum absolute atomic E-state index is 0.000255. The van der Waals surface area contributed by atoms with Crippen LogP contribution in [0.1, 0.15) is 37.3 Å². The standard InChI is InChI=1S/C25H26N2O5S/c1-16(2)32-24(29)15-33-25-20(13-26)19(12-23(28)27-25)18-9-10-21(30-3)22(11-18)31-14-17-7-5-4-6-8-17/h4-11,16,19H,12,14-15H2,1-3H3,(H,27,28)/t19-/m1/s1. The third-order valence-corrected chi connectivity index (χ3v) is 5.88. The lowest BCUT2D eigenvalue weighted by atomic mass is 9.87. The molecule has 2 aromatic carbocycles. The van der Waals surface area contributed by atoms with E-state index in [2.05, 4.69) is 11.4 Å². The van der Waals surface area contributed by atoms with Crippen LogP contribution >= 0.6 is 11.8 Å². The van der Waals surface area contributed by atoms with E-state index in [-0.39, 0.29) is 24.2 Å². The maximum absolute atomic E-state index is 12.4. The predicted molar refractivity (Wildman–Crippen MR) is 126 cm³/mol. The molecule has 0 saturated heterocycles. The van der Waals surface area contributed by atoms with Gasteiger partial charge in [-0.25, -0.2) is 0 Å². The average molecular weight is 467 g/mol. The van der Waals surface area contributed by atoms with E-state index in [1.54, 1.807) is 33.1 Å². The fourth-order valence-corrected chi connectivity index (χ4v) is 4.26. The molecule has 0 spiro atoms. The Bertz CT molecular complexity index is 1080. The summed E-state index contributed by atoms with van der Waals surface area (Å²) >= 11 is 1.10. The van der Waals surface area contributed by atoms with Gasteiger partial charge >= 0.3 is 5.97 Å². The number of carbonyl (C=O) groups excluding carboxylic acids is 2. The van der Waals surface area contributed by atoms with E-state index >= 15 is 0 Å². The fourth-order valence-electron chi connectivity index (χ4n) is 3.40. The number of amides is 1. The Morgan fingerprint density at radius 3 is 2.64 bits per heavy atom.